The average Bonchev–Trinajstić information content (AvgIpc) is 2.26. The van der Waals surface area contributed by atoms with Crippen molar-refractivity contribution in [1.29, 1.82) is 0 Å². The predicted molar refractivity (Wildman–Crippen MR) is 70.5 cm³/mol. The van der Waals surface area contributed by atoms with Crippen molar-refractivity contribution in [3.8, 4) is 0 Å². The lowest BCUT2D eigenvalue weighted by Crippen LogP contribution is -2.11. The Kier molecular flexibility index (Phi) is 6.25. The molecule has 1 aromatic rings. The minimum Gasteiger partial charge on any atom is -0.354 e. The lowest BCUT2D eigenvalue weighted by molar-refractivity contribution is 0.936. The number of anilines is 2. The van der Waals surface area contributed by atoms with Gasteiger partial charge < -0.3 is 10.6 Å². The first-order valence-electron chi connectivity index (χ1n) is 5.14. The van der Waals surface area contributed by atoms with Crippen LogP contribution in [0.4, 0.5) is 11.9 Å². The molecule has 0 saturated carbocycles. The van der Waals surface area contributed by atoms with Crippen LogP contribution in [0.3, 0.4) is 0 Å². The molecule has 0 amide bonds. The summed E-state index contributed by atoms with van der Waals surface area (Å²) in [6.07, 6.45) is 3.06. The van der Waals surface area contributed by atoms with Gasteiger partial charge in [0, 0.05) is 18.8 Å². The van der Waals surface area contributed by atoms with Gasteiger partial charge in [0.15, 0.2) is 0 Å². The molecule has 0 unspecified atom stereocenters. The zero-order chi connectivity index (χ0) is 11.8. The van der Waals surface area contributed by atoms with Gasteiger partial charge in [0.05, 0.1) is 0 Å². The fourth-order valence-corrected chi connectivity index (χ4v) is 1.48. The fraction of sp³-hybridized carbons (Fsp3) is 0.667. The highest BCUT2D eigenvalue weighted by atomic mass is 35.5. The van der Waals surface area contributed by atoms with E-state index >= 15 is 0 Å². The van der Waals surface area contributed by atoms with E-state index in [0.29, 0.717) is 11.9 Å². The second kappa shape index (κ2) is 7.51. The van der Waals surface area contributed by atoms with Gasteiger partial charge in [-0.1, -0.05) is 6.92 Å². The van der Waals surface area contributed by atoms with E-state index in [2.05, 4.69) is 38.8 Å². The van der Waals surface area contributed by atoms with E-state index in [0.717, 1.165) is 25.3 Å². The van der Waals surface area contributed by atoms with Crippen LogP contribution in [-0.2, 0) is 0 Å². The van der Waals surface area contributed by atoms with Crippen molar-refractivity contribution >= 4 is 35.3 Å². The number of nitrogens with one attached hydrogen (secondary N) is 2. The molecule has 16 heavy (non-hydrogen) atoms. The number of thioether (sulfide) groups is 1. The molecule has 0 aliphatic rings. The Bertz CT molecular complexity index is 323. The molecule has 0 bridgehead atoms. The minimum absolute atomic E-state index is 0.209. The Morgan fingerprint density at radius 2 is 1.75 bits per heavy atom. The van der Waals surface area contributed by atoms with Crippen LogP contribution in [0, 0.1) is 0 Å². The third kappa shape index (κ3) is 4.85. The molecule has 0 radical (unpaired) electrons. The van der Waals surface area contributed by atoms with Crippen LogP contribution in [0.1, 0.15) is 13.3 Å². The van der Waals surface area contributed by atoms with Crippen LogP contribution in [-0.4, -0.2) is 40.1 Å². The summed E-state index contributed by atoms with van der Waals surface area (Å²) in [4.78, 5) is 12.2. The van der Waals surface area contributed by atoms with Crippen molar-refractivity contribution in [1.82, 2.24) is 15.0 Å². The lowest BCUT2D eigenvalue weighted by Gasteiger charge is -2.06. The molecule has 0 atom stereocenters. The van der Waals surface area contributed by atoms with Crippen molar-refractivity contribution in [2.75, 3.05) is 35.7 Å². The Morgan fingerprint density at radius 1 is 1.12 bits per heavy atom. The molecule has 7 heteroatoms. The molecule has 0 aromatic carbocycles. The third-order valence-electron chi connectivity index (χ3n) is 1.73. The molecular weight excluding hydrogens is 246 g/mol. The van der Waals surface area contributed by atoms with E-state index in [9.17, 15) is 0 Å². The SMILES string of the molecule is CCCNc1nc(Cl)nc(NCCSC)n1. The number of aromatic nitrogens is 3. The van der Waals surface area contributed by atoms with Crippen LogP contribution in [0.15, 0.2) is 0 Å². The summed E-state index contributed by atoms with van der Waals surface area (Å²) >= 11 is 7.56. The van der Waals surface area contributed by atoms with Crippen molar-refractivity contribution in [3.05, 3.63) is 5.28 Å². The first-order chi connectivity index (χ1) is 7.76. The monoisotopic (exact) mass is 261 g/mol. The van der Waals surface area contributed by atoms with E-state index in [1.54, 1.807) is 11.8 Å². The standard InChI is InChI=1S/C9H16ClN5S/c1-3-4-11-8-13-7(10)14-9(15-8)12-5-6-16-2/h3-6H2,1-2H3,(H2,11,12,13,14,15). The maximum atomic E-state index is 5.79. The number of rotatable bonds is 7. The van der Waals surface area contributed by atoms with E-state index < -0.39 is 0 Å². The average molecular weight is 262 g/mol. The topological polar surface area (TPSA) is 62.7 Å². The molecule has 0 saturated heterocycles. The van der Waals surface area contributed by atoms with Crippen molar-refractivity contribution in [2.24, 2.45) is 0 Å². The quantitative estimate of drug-likeness (QED) is 0.733. The van der Waals surface area contributed by atoms with Gasteiger partial charge in [0.1, 0.15) is 0 Å². The van der Waals surface area contributed by atoms with E-state index in [4.69, 9.17) is 11.6 Å². The summed E-state index contributed by atoms with van der Waals surface area (Å²) in [7, 11) is 0. The smallest absolute Gasteiger partial charge is 0.228 e. The molecule has 1 heterocycles. The summed E-state index contributed by atoms with van der Waals surface area (Å²) in [6, 6.07) is 0. The minimum atomic E-state index is 0.209. The van der Waals surface area contributed by atoms with Gasteiger partial charge in [-0.15, -0.1) is 0 Å². The number of hydrogen-bond donors (Lipinski definition) is 2. The zero-order valence-electron chi connectivity index (χ0n) is 9.46. The highest BCUT2D eigenvalue weighted by Gasteiger charge is 2.03. The maximum Gasteiger partial charge on any atom is 0.228 e. The van der Waals surface area contributed by atoms with Gasteiger partial charge in [-0.3, -0.25) is 0 Å². The van der Waals surface area contributed by atoms with Gasteiger partial charge >= 0.3 is 0 Å². The summed E-state index contributed by atoms with van der Waals surface area (Å²) in [5.41, 5.74) is 0. The second-order valence-corrected chi connectivity index (χ2v) is 4.42. The maximum absolute atomic E-state index is 5.79. The Balaban J connectivity index is 2.58. The van der Waals surface area contributed by atoms with Crippen LogP contribution >= 0.6 is 23.4 Å². The third-order valence-corrected chi connectivity index (χ3v) is 2.51. The second-order valence-electron chi connectivity index (χ2n) is 3.10. The highest BCUT2D eigenvalue weighted by molar-refractivity contribution is 7.98. The van der Waals surface area contributed by atoms with Gasteiger partial charge in [-0.2, -0.15) is 26.7 Å². The van der Waals surface area contributed by atoms with Gasteiger partial charge in [-0.05, 0) is 24.3 Å². The number of hydrogen-bond acceptors (Lipinski definition) is 6. The Hall–Kier alpha value is -0.750. The van der Waals surface area contributed by atoms with Crippen LogP contribution in [0.5, 0.6) is 0 Å². The molecule has 90 valence electrons. The highest BCUT2D eigenvalue weighted by Crippen LogP contribution is 2.09. The van der Waals surface area contributed by atoms with Crippen LogP contribution < -0.4 is 10.6 Å². The van der Waals surface area contributed by atoms with Gasteiger partial charge in [-0.25, -0.2) is 0 Å². The fourth-order valence-electron chi connectivity index (χ4n) is 1.01. The molecule has 0 fully saturated rings. The molecule has 0 spiro atoms. The molecular formula is C9H16ClN5S. The van der Waals surface area contributed by atoms with E-state index in [1.165, 1.54) is 0 Å². The molecule has 0 aliphatic carbocycles. The largest absolute Gasteiger partial charge is 0.354 e. The summed E-state index contributed by atoms with van der Waals surface area (Å²) in [5, 5.41) is 6.38. The van der Waals surface area contributed by atoms with Crippen molar-refractivity contribution in [3.63, 3.8) is 0 Å². The number of nitrogens with zero attached hydrogens (tertiary/aromatic N) is 3. The van der Waals surface area contributed by atoms with Crippen LogP contribution in [0.25, 0.3) is 0 Å². The Morgan fingerprint density at radius 3 is 2.31 bits per heavy atom. The molecule has 1 rings (SSSR count). The van der Waals surface area contributed by atoms with Gasteiger partial charge in [0.25, 0.3) is 0 Å². The molecule has 5 nitrogen and oxygen atoms in total. The molecule has 1 aromatic heterocycles. The zero-order valence-corrected chi connectivity index (χ0v) is 11.0. The summed E-state index contributed by atoms with van der Waals surface area (Å²) in [6.45, 7) is 3.72. The Labute approximate surface area is 105 Å². The predicted octanol–water partition coefficient (Wildman–Crippen LogP) is 2.12. The van der Waals surface area contributed by atoms with Gasteiger partial charge in [0.2, 0.25) is 17.2 Å². The normalized spacial score (nSPS) is 10.2. The molecule has 2 N–H and O–H groups in total. The first-order valence-corrected chi connectivity index (χ1v) is 6.91. The summed E-state index contributed by atoms with van der Waals surface area (Å²) < 4.78 is 0. The number of halogens is 1. The van der Waals surface area contributed by atoms with Crippen molar-refractivity contribution < 1.29 is 0 Å². The van der Waals surface area contributed by atoms with Crippen molar-refractivity contribution in [2.45, 2.75) is 13.3 Å². The first kappa shape index (κ1) is 13.3. The van der Waals surface area contributed by atoms with E-state index in [1.807, 2.05) is 0 Å². The van der Waals surface area contributed by atoms with Crippen LogP contribution in [0.2, 0.25) is 5.28 Å². The lowest BCUT2D eigenvalue weighted by atomic mass is 10.5. The van der Waals surface area contributed by atoms with E-state index in [-0.39, 0.29) is 5.28 Å². The summed E-state index contributed by atoms with van der Waals surface area (Å²) in [5.74, 6) is 2.04. The molecule has 0 aliphatic heterocycles.